The van der Waals surface area contributed by atoms with E-state index in [4.69, 9.17) is 28.4 Å². The molecule has 8 nitrogen and oxygen atoms in total. The molecular weight excluding hydrogens is 368 g/mol. The lowest BCUT2D eigenvalue weighted by molar-refractivity contribution is 0.0320. The molecule has 150 valence electrons. The first-order valence-corrected chi connectivity index (χ1v) is 8.60. The first-order valence-electron chi connectivity index (χ1n) is 8.60. The number of phenolic OH excluding ortho intramolecular Hbond substituents is 1. The summed E-state index contributed by atoms with van der Waals surface area (Å²) in [5.74, 6) is 1.08. The average molecular weight is 390 g/mol. The lowest BCUT2D eigenvalue weighted by atomic mass is 10.1. The largest absolute Gasteiger partial charge is 0.504 e. The van der Waals surface area contributed by atoms with Crippen LogP contribution >= 0.6 is 0 Å². The molecule has 0 radical (unpaired) electrons. The Balaban J connectivity index is 1.88. The fourth-order valence-electron chi connectivity index (χ4n) is 2.60. The van der Waals surface area contributed by atoms with Crippen molar-refractivity contribution in [1.29, 1.82) is 0 Å². The number of hydrogen-bond donors (Lipinski definition) is 1. The number of aldehydes is 1. The zero-order valence-electron chi connectivity index (χ0n) is 15.6. The normalized spacial score (nSPS) is 16.3. The number of carbonyl (C=O) groups is 1. The Labute approximate surface area is 162 Å². The van der Waals surface area contributed by atoms with Gasteiger partial charge in [-0.3, -0.25) is 4.79 Å². The maximum absolute atomic E-state index is 11.0. The van der Waals surface area contributed by atoms with Gasteiger partial charge in [-0.2, -0.15) is 0 Å². The van der Waals surface area contributed by atoms with Crippen LogP contribution in [0.15, 0.2) is 36.4 Å². The maximum Gasteiger partial charge on any atom is 0.188 e. The van der Waals surface area contributed by atoms with Crippen LogP contribution in [0.3, 0.4) is 0 Å². The average Bonchev–Trinajstić information content (AvgIpc) is 3.55. The van der Waals surface area contributed by atoms with Crippen LogP contribution in [0.25, 0.3) is 0 Å². The van der Waals surface area contributed by atoms with Gasteiger partial charge in [-0.15, -0.1) is 0 Å². The van der Waals surface area contributed by atoms with Gasteiger partial charge in [0.2, 0.25) is 0 Å². The zero-order valence-corrected chi connectivity index (χ0v) is 15.6. The molecule has 2 aromatic carbocycles. The molecule has 1 N–H and O–H groups in total. The SMILES string of the molecule is COCOc1ccc([C@H](Oc2cc(C=O)ccc2O)[C@H]2CO2)cc1OCOC. The fourth-order valence-corrected chi connectivity index (χ4v) is 2.60. The van der Waals surface area contributed by atoms with E-state index >= 15 is 0 Å². The summed E-state index contributed by atoms with van der Waals surface area (Å²) in [5, 5.41) is 10.1. The third kappa shape index (κ3) is 4.92. The van der Waals surface area contributed by atoms with Gasteiger partial charge < -0.3 is 33.5 Å². The summed E-state index contributed by atoms with van der Waals surface area (Å²) in [6.45, 7) is 0.635. The van der Waals surface area contributed by atoms with Gasteiger partial charge in [-0.1, -0.05) is 6.07 Å². The first-order chi connectivity index (χ1) is 13.7. The molecule has 0 aromatic heterocycles. The number of rotatable bonds is 11. The molecule has 8 heteroatoms. The third-order valence-corrected chi connectivity index (χ3v) is 4.03. The molecule has 0 bridgehead atoms. The van der Waals surface area contributed by atoms with Crippen molar-refractivity contribution in [2.24, 2.45) is 0 Å². The molecule has 0 saturated carbocycles. The Morgan fingerprint density at radius 2 is 1.79 bits per heavy atom. The monoisotopic (exact) mass is 390 g/mol. The highest BCUT2D eigenvalue weighted by atomic mass is 16.7. The second-order valence-electron chi connectivity index (χ2n) is 6.06. The number of phenols is 1. The van der Waals surface area contributed by atoms with Crippen molar-refractivity contribution < 1.29 is 38.3 Å². The Morgan fingerprint density at radius 1 is 1.07 bits per heavy atom. The molecule has 0 aliphatic carbocycles. The molecule has 1 aliphatic rings. The van der Waals surface area contributed by atoms with Crippen LogP contribution in [0.4, 0.5) is 0 Å². The number of ether oxygens (including phenoxy) is 6. The van der Waals surface area contributed by atoms with Gasteiger partial charge in [0, 0.05) is 19.8 Å². The molecule has 3 rings (SSSR count). The molecule has 2 atom stereocenters. The van der Waals surface area contributed by atoms with E-state index in [1.165, 1.54) is 32.4 Å². The van der Waals surface area contributed by atoms with Crippen molar-refractivity contribution in [2.45, 2.75) is 12.2 Å². The molecule has 0 unspecified atom stereocenters. The molecular formula is C20H22O8. The van der Waals surface area contributed by atoms with Gasteiger partial charge >= 0.3 is 0 Å². The van der Waals surface area contributed by atoms with E-state index in [0.717, 1.165) is 5.56 Å². The topological polar surface area (TPSA) is 96.0 Å². The van der Waals surface area contributed by atoms with Gasteiger partial charge in [0.1, 0.15) is 12.4 Å². The Bertz CT molecular complexity index is 803. The van der Waals surface area contributed by atoms with Crippen molar-refractivity contribution >= 4 is 6.29 Å². The fraction of sp³-hybridized carbons (Fsp3) is 0.350. The minimum Gasteiger partial charge on any atom is -0.504 e. The van der Waals surface area contributed by atoms with E-state index in [9.17, 15) is 9.90 Å². The Kier molecular flexibility index (Phi) is 6.70. The molecule has 0 amide bonds. The summed E-state index contributed by atoms with van der Waals surface area (Å²) in [6.07, 6.45) is 0.00239. The van der Waals surface area contributed by atoms with Gasteiger partial charge in [0.05, 0.1) is 6.61 Å². The van der Waals surface area contributed by atoms with Crippen LogP contribution in [0.1, 0.15) is 22.0 Å². The van der Waals surface area contributed by atoms with Crippen LogP contribution in [-0.2, 0) is 14.2 Å². The summed E-state index contributed by atoms with van der Waals surface area (Å²) < 4.78 is 32.4. The number of benzene rings is 2. The summed E-state index contributed by atoms with van der Waals surface area (Å²) in [5.41, 5.74) is 1.16. The second kappa shape index (κ2) is 9.41. The van der Waals surface area contributed by atoms with Crippen LogP contribution in [0.2, 0.25) is 0 Å². The van der Waals surface area contributed by atoms with E-state index in [1.54, 1.807) is 12.1 Å². The highest BCUT2D eigenvalue weighted by molar-refractivity contribution is 5.76. The molecule has 28 heavy (non-hydrogen) atoms. The number of methoxy groups -OCH3 is 2. The molecule has 1 heterocycles. The number of carbonyl (C=O) groups excluding carboxylic acids is 1. The molecule has 0 spiro atoms. The van der Waals surface area contributed by atoms with Crippen molar-refractivity contribution in [3.63, 3.8) is 0 Å². The van der Waals surface area contributed by atoms with Crippen LogP contribution in [0, 0.1) is 0 Å². The third-order valence-electron chi connectivity index (χ3n) is 4.03. The van der Waals surface area contributed by atoms with Crippen LogP contribution < -0.4 is 14.2 Å². The number of epoxide rings is 1. The van der Waals surface area contributed by atoms with Gasteiger partial charge in [-0.05, 0) is 35.9 Å². The van der Waals surface area contributed by atoms with E-state index < -0.39 is 6.10 Å². The molecule has 2 aromatic rings. The lowest BCUT2D eigenvalue weighted by Crippen LogP contribution is -2.15. The van der Waals surface area contributed by atoms with Crippen molar-refractivity contribution in [2.75, 3.05) is 34.4 Å². The highest BCUT2D eigenvalue weighted by Gasteiger charge is 2.37. The summed E-state index contributed by atoms with van der Waals surface area (Å²) in [6, 6.07) is 9.72. The second-order valence-corrected chi connectivity index (χ2v) is 6.06. The maximum atomic E-state index is 11.0. The van der Waals surface area contributed by atoms with Gasteiger partial charge in [-0.25, -0.2) is 0 Å². The quantitative estimate of drug-likeness (QED) is 0.355. The summed E-state index contributed by atoms with van der Waals surface area (Å²) in [4.78, 5) is 11.0. The van der Waals surface area contributed by atoms with Crippen LogP contribution in [0.5, 0.6) is 23.0 Å². The Hall–Kier alpha value is -2.81. The standard InChI is InChI=1S/C20H22O8/c1-23-11-26-16-6-4-14(8-18(16)27-12-24-2)20(19-10-25-19)28-17-7-13(9-21)3-5-15(17)22/h3-9,19-20,22H,10-12H2,1-2H3/t19-,20+/m1/s1. The number of aromatic hydroxyl groups is 1. The van der Waals surface area contributed by atoms with E-state index in [1.807, 2.05) is 6.07 Å². The van der Waals surface area contributed by atoms with E-state index in [0.29, 0.717) is 30.0 Å². The molecule has 1 aliphatic heterocycles. The first kappa shape index (κ1) is 19.9. The lowest BCUT2D eigenvalue weighted by Gasteiger charge is -2.20. The highest BCUT2D eigenvalue weighted by Crippen LogP contribution is 2.39. The summed E-state index contributed by atoms with van der Waals surface area (Å²) >= 11 is 0. The van der Waals surface area contributed by atoms with Crippen molar-refractivity contribution in [3.05, 3.63) is 47.5 Å². The van der Waals surface area contributed by atoms with Crippen molar-refractivity contribution in [3.8, 4) is 23.0 Å². The van der Waals surface area contributed by atoms with Gasteiger partial charge in [0.25, 0.3) is 0 Å². The zero-order chi connectivity index (χ0) is 19.9. The summed E-state index contributed by atoms with van der Waals surface area (Å²) in [7, 11) is 3.05. The Morgan fingerprint density at radius 3 is 2.43 bits per heavy atom. The minimum atomic E-state index is -0.505. The smallest absolute Gasteiger partial charge is 0.188 e. The molecule has 1 fully saturated rings. The predicted molar refractivity (Wildman–Crippen MR) is 98.1 cm³/mol. The van der Waals surface area contributed by atoms with E-state index in [-0.39, 0.29) is 31.2 Å². The van der Waals surface area contributed by atoms with Crippen molar-refractivity contribution in [1.82, 2.24) is 0 Å². The van der Waals surface area contributed by atoms with E-state index in [2.05, 4.69) is 0 Å². The number of hydrogen-bond acceptors (Lipinski definition) is 8. The minimum absolute atomic E-state index is 0.0421. The molecule has 1 saturated heterocycles. The van der Waals surface area contributed by atoms with Gasteiger partial charge in [0.15, 0.2) is 42.7 Å². The van der Waals surface area contributed by atoms with Crippen LogP contribution in [-0.4, -0.2) is 51.9 Å². The predicted octanol–water partition coefficient (Wildman–Crippen LogP) is 2.69.